The van der Waals surface area contributed by atoms with Crippen molar-refractivity contribution in [2.24, 2.45) is 7.05 Å². The van der Waals surface area contributed by atoms with E-state index in [0.717, 1.165) is 22.5 Å². The molecule has 5 nitrogen and oxygen atoms in total. The van der Waals surface area contributed by atoms with Crippen LogP contribution in [0.3, 0.4) is 0 Å². The third kappa shape index (κ3) is 3.13. The number of hydrogen-bond donors (Lipinski definition) is 1. The maximum Gasteiger partial charge on any atom is 0.240 e. The van der Waals surface area contributed by atoms with Crippen LogP contribution in [0.5, 0.6) is 0 Å². The number of aromatic nitrogens is 2. The van der Waals surface area contributed by atoms with E-state index in [1.165, 1.54) is 0 Å². The lowest BCUT2D eigenvalue weighted by Gasteiger charge is -2.08. The van der Waals surface area contributed by atoms with Gasteiger partial charge in [0.25, 0.3) is 0 Å². The predicted molar refractivity (Wildman–Crippen MR) is 90.7 cm³/mol. The standard InChI is InChI=1S/C17H19N3O2S/c1-12-5-4-6-14(9-12)11-18-23(21,22)15-7-8-17-16(10-15)19-13(2)20(17)3/h4-10,18H,11H2,1-3H3. The molecule has 1 aromatic heterocycles. The molecule has 23 heavy (non-hydrogen) atoms. The highest BCUT2D eigenvalue weighted by molar-refractivity contribution is 7.89. The third-order valence-electron chi connectivity index (χ3n) is 3.93. The van der Waals surface area contributed by atoms with Gasteiger partial charge >= 0.3 is 0 Å². The first-order valence-electron chi connectivity index (χ1n) is 7.35. The van der Waals surface area contributed by atoms with Crippen LogP contribution in [0.4, 0.5) is 0 Å². The number of nitrogens with zero attached hydrogens (tertiary/aromatic N) is 2. The third-order valence-corrected chi connectivity index (χ3v) is 5.33. The number of imidazole rings is 1. The number of sulfonamides is 1. The minimum atomic E-state index is -3.57. The van der Waals surface area contributed by atoms with Crippen LogP contribution in [0, 0.1) is 13.8 Å². The molecule has 1 N–H and O–H groups in total. The molecule has 0 aliphatic carbocycles. The first-order chi connectivity index (χ1) is 10.9. The van der Waals surface area contributed by atoms with E-state index in [9.17, 15) is 8.42 Å². The summed E-state index contributed by atoms with van der Waals surface area (Å²) >= 11 is 0. The first-order valence-corrected chi connectivity index (χ1v) is 8.83. The first kappa shape index (κ1) is 15.7. The topological polar surface area (TPSA) is 64.0 Å². The van der Waals surface area contributed by atoms with E-state index in [2.05, 4.69) is 9.71 Å². The molecular formula is C17H19N3O2S. The number of benzene rings is 2. The molecule has 0 spiro atoms. The molecule has 0 saturated heterocycles. The minimum Gasteiger partial charge on any atom is -0.331 e. The summed E-state index contributed by atoms with van der Waals surface area (Å²) in [6, 6.07) is 12.8. The Balaban J connectivity index is 1.87. The van der Waals surface area contributed by atoms with Crippen LogP contribution in [0.15, 0.2) is 47.4 Å². The van der Waals surface area contributed by atoms with Crippen LogP contribution in [0.25, 0.3) is 11.0 Å². The summed E-state index contributed by atoms with van der Waals surface area (Å²) in [5.41, 5.74) is 3.64. The molecule has 2 aromatic carbocycles. The molecular weight excluding hydrogens is 310 g/mol. The van der Waals surface area contributed by atoms with Gasteiger partial charge in [-0.05, 0) is 37.6 Å². The summed E-state index contributed by atoms with van der Waals surface area (Å²) in [4.78, 5) is 4.62. The maximum absolute atomic E-state index is 12.5. The van der Waals surface area contributed by atoms with Crippen LogP contribution in [0.2, 0.25) is 0 Å². The molecule has 0 aliphatic heterocycles. The number of aryl methyl sites for hydroxylation is 3. The van der Waals surface area contributed by atoms with Crippen LogP contribution in [-0.2, 0) is 23.6 Å². The highest BCUT2D eigenvalue weighted by Gasteiger charge is 2.16. The van der Waals surface area contributed by atoms with Crippen molar-refractivity contribution in [3.63, 3.8) is 0 Å². The molecule has 0 bridgehead atoms. The van der Waals surface area contributed by atoms with Crippen molar-refractivity contribution < 1.29 is 8.42 Å². The lowest BCUT2D eigenvalue weighted by molar-refractivity contribution is 0.581. The highest BCUT2D eigenvalue weighted by atomic mass is 32.2. The summed E-state index contributed by atoms with van der Waals surface area (Å²) < 4.78 is 29.5. The zero-order chi connectivity index (χ0) is 16.6. The molecule has 1 heterocycles. The molecule has 0 saturated carbocycles. The van der Waals surface area contributed by atoms with Gasteiger partial charge in [-0.3, -0.25) is 0 Å². The number of rotatable bonds is 4. The largest absolute Gasteiger partial charge is 0.331 e. The van der Waals surface area contributed by atoms with Gasteiger partial charge in [-0.25, -0.2) is 18.1 Å². The summed E-state index contributed by atoms with van der Waals surface area (Å²) in [7, 11) is -1.65. The minimum absolute atomic E-state index is 0.232. The Bertz CT molecular complexity index is 975. The van der Waals surface area contributed by atoms with Crippen molar-refractivity contribution in [3.05, 3.63) is 59.4 Å². The van der Waals surface area contributed by atoms with Crippen molar-refractivity contribution in [1.29, 1.82) is 0 Å². The van der Waals surface area contributed by atoms with Gasteiger partial charge in [-0.1, -0.05) is 29.8 Å². The summed E-state index contributed by atoms with van der Waals surface area (Å²) in [6.07, 6.45) is 0. The molecule has 0 radical (unpaired) electrons. The average molecular weight is 329 g/mol. The molecule has 0 fully saturated rings. The van der Waals surface area contributed by atoms with Gasteiger partial charge in [0.1, 0.15) is 5.82 Å². The zero-order valence-electron chi connectivity index (χ0n) is 13.4. The lowest BCUT2D eigenvalue weighted by Crippen LogP contribution is -2.23. The van der Waals surface area contributed by atoms with E-state index in [0.29, 0.717) is 5.52 Å². The van der Waals surface area contributed by atoms with Crippen LogP contribution >= 0.6 is 0 Å². The fourth-order valence-corrected chi connectivity index (χ4v) is 3.59. The second-order valence-corrected chi connectivity index (χ2v) is 7.45. The molecule has 0 atom stereocenters. The summed E-state index contributed by atoms with van der Waals surface area (Å²) in [6.45, 7) is 4.14. The van der Waals surface area contributed by atoms with E-state index < -0.39 is 10.0 Å². The van der Waals surface area contributed by atoms with Gasteiger partial charge < -0.3 is 4.57 Å². The van der Waals surface area contributed by atoms with Gasteiger partial charge in [0.2, 0.25) is 10.0 Å². The van der Waals surface area contributed by atoms with E-state index in [4.69, 9.17) is 0 Å². The van der Waals surface area contributed by atoms with Crippen molar-refractivity contribution in [1.82, 2.24) is 14.3 Å². The number of nitrogens with one attached hydrogen (secondary N) is 1. The van der Waals surface area contributed by atoms with Crippen molar-refractivity contribution in [3.8, 4) is 0 Å². The van der Waals surface area contributed by atoms with E-state index in [1.54, 1.807) is 18.2 Å². The fourth-order valence-electron chi connectivity index (χ4n) is 2.55. The van der Waals surface area contributed by atoms with Gasteiger partial charge in [-0.15, -0.1) is 0 Å². The SMILES string of the molecule is Cc1cccc(CNS(=O)(=O)c2ccc3c(c2)nc(C)n3C)c1. The fraction of sp³-hybridized carbons (Fsp3) is 0.235. The zero-order valence-corrected chi connectivity index (χ0v) is 14.2. The Morgan fingerprint density at radius 2 is 1.91 bits per heavy atom. The molecule has 0 unspecified atom stereocenters. The number of hydrogen-bond acceptors (Lipinski definition) is 3. The van der Waals surface area contributed by atoms with Crippen LogP contribution in [0.1, 0.15) is 17.0 Å². The molecule has 3 aromatic rings. The van der Waals surface area contributed by atoms with Crippen molar-refractivity contribution >= 4 is 21.1 Å². The normalized spacial score (nSPS) is 12.0. The highest BCUT2D eigenvalue weighted by Crippen LogP contribution is 2.19. The molecule has 3 rings (SSSR count). The predicted octanol–water partition coefficient (Wildman–Crippen LogP) is 2.67. The Morgan fingerprint density at radius 1 is 1.13 bits per heavy atom. The van der Waals surface area contributed by atoms with Crippen molar-refractivity contribution in [2.75, 3.05) is 0 Å². The molecule has 120 valence electrons. The second kappa shape index (κ2) is 5.79. The number of fused-ring (bicyclic) bond motifs is 1. The molecule has 0 amide bonds. The quantitative estimate of drug-likeness (QED) is 0.800. The van der Waals surface area contributed by atoms with Crippen LogP contribution in [-0.4, -0.2) is 18.0 Å². The van der Waals surface area contributed by atoms with E-state index >= 15 is 0 Å². The monoisotopic (exact) mass is 329 g/mol. The summed E-state index contributed by atoms with van der Waals surface area (Å²) in [5.74, 6) is 0.849. The van der Waals surface area contributed by atoms with Crippen molar-refractivity contribution in [2.45, 2.75) is 25.3 Å². The average Bonchev–Trinajstić information content (AvgIpc) is 2.80. The Hall–Kier alpha value is -2.18. The second-order valence-electron chi connectivity index (χ2n) is 5.68. The van der Waals surface area contributed by atoms with Gasteiger partial charge in [0.05, 0.1) is 15.9 Å². The van der Waals surface area contributed by atoms with Gasteiger partial charge in [-0.2, -0.15) is 0 Å². The molecule has 6 heteroatoms. The summed E-state index contributed by atoms with van der Waals surface area (Å²) in [5, 5.41) is 0. The maximum atomic E-state index is 12.5. The van der Waals surface area contributed by atoms with Crippen LogP contribution < -0.4 is 4.72 Å². The lowest BCUT2D eigenvalue weighted by atomic mass is 10.1. The van der Waals surface area contributed by atoms with E-state index in [-0.39, 0.29) is 11.4 Å². The Morgan fingerprint density at radius 3 is 2.65 bits per heavy atom. The van der Waals surface area contributed by atoms with E-state index in [1.807, 2.05) is 49.7 Å². The van der Waals surface area contributed by atoms with Gasteiger partial charge in [0.15, 0.2) is 0 Å². The molecule has 0 aliphatic rings. The Labute approximate surface area is 136 Å². The Kier molecular flexibility index (Phi) is 3.95. The van der Waals surface area contributed by atoms with Gasteiger partial charge in [0, 0.05) is 13.6 Å². The smallest absolute Gasteiger partial charge is 0.240 e.